The van der Waals surface area contributed by atoms with Gasteiger partial charge in [-0.2, -0.15) is 0 Å². The van der Waals surface area contributed by atoms with Crippen LogP contribution in [0.25, 0.3) is 0 Å². The molecule has 0 unspecified atom stereocenters. The second-order valence-electron chi connectivity index (χ2n) is 2.74. The number of nitro groups is 1. The van der Waals surface area contributed by atoms with Crippen molar-refractivity contribution in [2.24, 2.45) is 0 Å². The van der Waals surface area contributed by atoms with Gasteiger partial charge < -0.3 is 0 Å². The van der Waals surface area contributed by atoms with Crippen molar-refractivity contribution < 1.29 is 9.31 Å². The van der Waals surface area contributed by atoms with Gasteiger partial charge in [-0.25, -0.2) is 4.39 Å². The van der Waals surface area contributed by atoms with E-state index in [0.29, 0.717) is 12.8 Å². The third kappa shape index (κ3) is 2.02. The van der Waals surface area contributed by atoms with Crippen molar-refractivity contribution in [3.8, 4) is 0 Å². The van der Waals surface area contributed by atoms with Gasteiger partial charge in [-0.1, -0.05) is 19.4 Å². The molecule has 0 aliphatic rings. The maximum absolute atomic E-state index is 13.1. The molecular formula is C9H10FNO2. The average Bonchev–Trinajstić information content (AvgIpc) is 2.08. The number of hydrogen-bond acceptors (Lipinski definition) is 2. The maximum atomic E-state index is 13.1. The quantitative estimate of drug-likeness (QED) is 0.534. The summed E-state index contributed by atoms with van der Waals surface area (Å²) in [5.74, 6) is -0.490. The molecule has 1 aromatic carbocycles. The Labute approximate surface area is 75.3 Å². The van der Waals surface area contributed by atoms with Gasteiger partial charge in [-0.15, -0.1) is 0 Å². The standard InChI is InChI=1S/C9H10FNO2/c1-2-4-7-8(10)5-3-6-9(7)11(12)13/h3,5-6H,2,4H2,1H3. The largest absolute Gasteiger partial charge is 0.275 e. The molecule has 0 aliphatic heterocycles. The van der Waals surface area contributed by atoms with E-state index >= 15 is 0 Å². The summed E-state index contributed by atoms with van der Waals surface area (Å²) in [7, 11) is 0. The van der Waals surface area contributed by atoms with E-state index in [1.54, 1.807) is 0 Å². The van der Waals surface area contributed by atoms with E-state index in [4.69, 9.17) is 0 Å². The van der Waals surface area contributed by atoms with Crippen LogP contribution in [-0.4, -0.2) is 4.92 Å². The van der Waals surface area contributed by atoms with Gasteiger partial charge in [0.25, 0.3) is 5.69 Å². The van der Waals surface area contributed by atoms with Gasteiger partial charge >= 0.3 is 0 Å². The Morgan fingerprint density at radius 3 is 2.77 bits per heavy atom. The Kier molecular flexibility index (Phi) is 2.95. The molecule has 1 rings (SSSR count). The Morgan fingerprint density at radius 1 is 1.54 bits per heavy atom. The maximum Gasteiger partial charge on any atom is 0.275 e. The molecule has 0 radical (unpaired) electrons. The van der Waals surface area contributed by atoms with Crippen LogP contribution < -0.4 is 0 Å². The smallest absolute Gasteiger partial charge is 0.258 e. The van der Waals surface area contributed by atoms with Crippen LogP contribution in [0.15, 0.2) is 18.2 Å². The van der Waals surface area contributed by atoms with Crippen molar-refractivity contribution in [3.63, 3.8) is 0 Å². The summed E-state index contributed by atoms with van der Waals surface area (Å²) in [6.45, 7) is 1.86. The first-order valence-electron chi connectivity index (χ1n) is 4.08. The third-order valence-corrected chi connectivity index (χ3v) is 1.79. The normalized spacial score (nSPS) is 10.0. The van der Waals surface area contributed by atoms with Crippen LogP contribution in [0.3, 0.4) is 0 Å². The molecule has 0 saturated heterocycles. The predicted octanol–water partition coefficient (Wildman–Crippen LogP) is 2.69. The first kappa shape index (κ1) is 9.64. The van der Waals surface area contributed by atoms with Gasteiger partial charge in [-0.3, -0.25) is 10.1 Å². The lowest BCUT2D eigenvalue weighted by molar-refractivity contribution is -0.385. The van der Waals surface area contributed by atoms with Crippen molar-refractivity contribution in [2.75, 3.05) is 0 Å². The molecule has 0 fully saturated rings. The van der Waals surface area contributed by atoms with E-state index in [0.717, 1.165) is 0 Å². The second kappa shape index (κ2) is 3.98. The Bertz CT molecular complexity index is 325. The predicted molar refractivity (Wildman–Crippen MR) is 47.0 cm³/mol. The Morgan fingerprint density at radius 2 is 2.23 bits per heavy atom. The van der Waals surface area contributed by atoms with Crippen LogP contribution in [0, 0.1) is 15.9 Å². The molecule has 0 heterocycles. The van der Waals surface area contributed by atoms with Crippen molar-refractivity contribution >= 4 is 5.69 Å². The summed E-state index contributed by atoms with van der Waals surface area (Å²) < 4.78 is 13.1. The van der Waals surface area contributed by atoms with Gasteiger partial charge in [0.15, 0.2) is 0 Å². The molecule has 3 nitrogen and oxygen atoms in total. The van der Waals surface area contributed by atoms with E-state index in [1.165, 1.54) is 18.2 Å². The highest BCUT2D eigenvalue weighted by atomic mass is 19.1. The lowest BCUT2D eigenvalue weighted by Crippen LogP contribution is -1.98. The number of hydrogen-bond donors (Lipinski definition) is 0. The summed E-state index contributed by atoms with van der Waals surface area (Å²) in [5, 5.41) is 10.5. The highest BCUT2D eigenvalue weighted by molar-refractivity contribution is 5.40. The molecule has 1 aromatic rings. The minimum Gasteiger partial charge on any atom is -0.258 e. The number of halogens is 1. The van der Waals surface area contributed by atoms with Crippen molar-refractivity contribution in [2.45, 2.75) is 19.8 Å². The number of nitro benzene ring substituents is 1. The summed E-state index contributed by atoms with van der Waals surface area (Å²) in [6.07, 6.45) is 1.10. The zero-order valence-electron chi connectivity index (χ0n) is 7.29. The SMILES string of the molecule is CCCc1c(F)cccc1[N+](=O)[O-]. The molecule has 0 saturated carbocycles. The topological polar surface area (TPSA) is 43.1 Å². The zero-order valence-corrected chi connectivity index (χ0v) is 7.29. The zero-order chi connectivity index (χ0) is 9.84. The number of nitrogens with zero attached hydrogens (tertiary/aromatic N) is 1. The molecule has 0 N–H and O–H groups in total. The highest BCUT2D eigenvalue weighted by Gasteiger charge is 2.15. The molecule has 0 aromatic heterocycles. The summed E-state index contributed by atoms with van der Waals surface area (Å²) in [5.41, 5.74) is 0.0804. The molecule has 0 aliphatic carbocycles. The first-order chi connectivity index (χ1) is 6.16. The third-order valence-electron chi connectivity index (χ3n) is 1.79. The fourth-order valence-electron chi connectivity index (χ4n) is 1.22. The van der Waals surface area contributed by atoms with Crippen molar-refractivity contribution in [3.05, 3.63) is 39.7 Å². The van der Waals surface area contributed by atoms with Gasteiger partial charge in [0.05, 0.1) is 10.5 Å². The fourth-order valence-corrected chi connectivity index (χ4v) is 1.22. The summed E-state index contributed by atoms with van der Waals surface area (Å²) >= 11 is 0. The monoisotopic (exact) mass is 183 g/mol. The molecule has 0 amide bonds. The van der Waals surface area contributed by atoms with Gasteiger partial charge in [0, 0.05) is 6.07 Å². The van der Waals surface area contributed by atoms with Gasteiger partial charge in [-0.05, 0) is 12.5 Å². The van der Waals surface area contributed by atoms with E-state index in [2.05, 4.69) is 0 Å². The lowest BCUT2D eigenvalue weighted by Gasteiger charge is -2.01. The molecular weight excluding hydrogens is 173 g/mol. The van der Waals surface area contributed by atoms with Gasteiger partial charge in [0.2, 0.25) is 0 Å². The van der Waals surface area contributed by atoms with Crippen LogP contribution in [-0.2, 0) is 6.42 Å². The molecule has 0 atom stereocenters. The number of benzene rings is 1. The van der Waals surface area contributed by atoms with E-state index in [9.17, 15) is 14.5 Å². The van der Waals surface area contributed by atoms with E-state index < -0.39 is 10.7 Å². The summed E-state index contributed by atoms with van der Waals surface area (Å²) in [6, 6.07) is 3.93. The van der Waals surface area contributed by atoms with E-state index in [-0.39, 0.29) is 11.3 Å². The lowest BCUT2D eigenvalue weighted by atomic mass is 10.1. The minimum absolute atomic E-state index is 0.123. The van der Waals surface area contributed by atoms with Crippen molar-refractivity contribution in [1.29, 1.82) is 0 Å². The first-order valence-corrected chi connectivity index (χ1v) is 4.08. The van der Waals surface area contributed by atoms with Crippen LogP contribution in [0.2, 0.25) is 0 Å². The van der Waals surface area contributed by atoms with E-state index in [1.807, 2.05) is 6.92 Å². The minimum atomic E-state index is -0.548. The highest BCUT2D eigenvalue weighted by Crippen LogP contribution is 2.22. The van der Waals surface area contributed by atoms with Crippen LogP contribution in [0.4, 0.5) is 10.1 Å². The average molecular weight is 183 g/mol. The van der Waals surface area contributed by atoms with Crippen LogP contribution >= 0.6 is 0 Å². The molecule has 0 bridgehead atoms. The Balaban J connectivity index is 3.17. The van der Waals surface area contributed by atoms with Crippen LogP contribution in [0.1, 0.15) is 18.9 Å². The number of rotatable bonds is 3. The molecule has 13 heavy (non-hydrogen) atoms. The fraction of sp³-hybridized carbons (Fsp3) is 0.333. The Hall–Kier alpha value is -1.45. The molecule has 70 valence electrons. The van der Waals surface area contributed by atoms with Crippen LogP contribution in [0.5, 0.6) is 0 Å². The van der Waals surface area contributed by atoms with Gasteiger partial charge in [0.1, 0.15) is 5.82 Å². The second-order valence-corrected chi connectivity index (χ2v) is 2.74. The molecule has 0 spiro atoms. The van der Waals surface area contributed by atoms with Crippen molar-refractivity contribution in [1.82, 2.24) is 0 Å². The molecule has 4 heteroatoms. The summed E-state index contributed by atoms with van der Waals surface area (Å²) in [4.78, 5) is 9.94.